The van der Waals surface area contributed by atoms with Crippen molar-refractivity contribution in [3.8, 4) is 11.1 Å². The average molecular weight is 748 g/mol. The third-order valence-corrected chi connectivity index (χ3v) is 17.6. The average Bonchev–Trinajstić information content (AvgIpc) is 3.62. The molecule has 2 aliphatic rings. The molecule has 9 aromatic carbocycles. The van der Waals surface area contributed by atoms with E-state index >= 15 is 0 Å². The summed E-state index contributed by atoms with van der Waals surface area (Å²) in [4.78, 5) is 2.50. The number of fused-ring (bicyclic) bond motifs is 12. The highest BCUT2D eigenvalue weighted by Crippen LogP contribution is 2.56. The highest BCUT2D eigenvalue weighted by Gasteiger charge is 2.52. The van der Waals surface area contributed by atoms with Gasteiger partial charge in [0, 0.05) is 37.2 Å². The molecule has 1 spiro atoms. The normalized spacial score (nSPS) is 16.2. The number of hydrogen-bond acceptors (Lipinski definition) is 2. The Hall–Kier alpha value is -6.26. The van der Waals surface area contributed by atoms with Crippen molar-refractivity contribution >= 4 is 88.6 Å². The van der Waals surface area contributed by atoms with Crippen molar-refractivity contribution in [2.75, 3.05) is 4.90 Å². The minimum atomic E-state index is -2.25. The van der Waals surface area contributed by atoms with Crippen LogP contribution in [0.2, 0.25) is 13.1 Å². The predicted molar refractivity (Wildman–Crippen MR) is 243 cm³/mol. The third-order valence-electron chi connectivity index (χ3n) is 12.9. The number of hydrogen-bond donors (Lipinski definition) is 0. The molecule has 0 saturated heterocycles. The summed E-state index contributed by atoms with van der Waals surface area (Å²) in [6.07, 6.45) is 0. The first-order valence-corrected chi connectivity index (χ1v) is 23.4. The van der Waals surface area contributed by atoms with E-state index in [2.05, 4.69) is 206 Å². The van der Waals surface area contributed by atoms with E-state index in [1.807, 2.05) is 11.3 Å². The van der Waals surface area contributed by atoms with Crippen molar-refractivity contribution in [2.45, 2.75) is 18.5 Å². The second kappa shape index (κ2) is 11.6. The van der Waals surface area contributed by atoms with Crippen LogP contribution in [0.3, 0.4) is 0 Å². The first-order valence-electron chi connectivity index (χ1n) is 19.6. The fraction of sp³-hybridized carbons (Fsp3) is 0.0566. The maximum atomic E-state index is 2.58. The van der Waals surface area contributed by atoms with Gasteiger partial charge in [0.05, 0.1) is 5.41 Å². The van der Waals surface area contributed by atoms with Gasteiger partial charge in [-0.25, -0.2) is 0 Å². The van der Waals surface area contributed by atoms with Crippen LogP contribution < -0.4 is 15.3 Å². The van der Waals surface area contributed by atoms with Crippen LogP contribution in [0.15, 0.2) is 188 Å². The molecular weight excluding hydrogens is 711 g/mol. The largest absolute Gasteiger partial charge is 0.310 e. The fourth-order valence-electron chi connectivity index (χ4n) is 10.4. The van der Waals surface area contributed by atoms with E-state index in [1.165, 1.54) is 96.8 Å². The molecule has 12 rings (SSSR count). The maximum absolute atomic E-state index is 2.58. The van der Waals surface area contributed by atoms with Gasteiger partial charge in [0.1, 0.15) is 8.07 Å². The highest BCUT2D eigenvalue weighted by molar-refractivity contribution is 7.25. The summed E-state index contributed by atoms with van der Waals surface area (Å²) < 4.78 is 2.63. The van der Waals surface area contributed by atoms with E-state index in [0.717, 1.165) is 5.69 Å². The highest BCUT2D eigenvalue weighted by atomic mass is 32.1. The van der Waals surface area contributed by atoms with E-state index in [1.54, 1.807) is 0 Å². The Balaban J connectivity index is 1.16. The monoisotopic (exact) mass is 747 g/mol. The van der Waals surface area contributed by atoms with Crippen LogP contribution in [0.4, 0.5) is 17.1 Å². The zero-order valence-corrected chi connectivity index (χ0v) is 33.1. The Bertz CT molecular complexity index is 3260. The summed E-state index contributed by atoms with van der Waals surface area (Å²) in [5, 5.41) is 10.8. The first-order chi connectivity index (χ1) is 27.5. The molecule has 0 radical (unpaired) electrons. The predicted octanol–water partition coefficient (Wildman–Crippen LogP) is 13.3. The third kappa shape index (κ3) is 4.24. The molecule has 0 bridgehead atoms. The van der Waals surface area contributed by atoms with E-state index < -0.39 is 13.5 Å². The van der Waals surface area contributed by atoms with E-state index in [0.29, 0.717) is 0 Å². The van der Waals surface area contributed by atoms with E-state index in [4.69, 9.17) is 0 Å². The minimum Gasteiger partial charge on any atom is -0.310 e. The molecule has 1 aromatic heterocycles. The van der Waals surface area contributed by atoms with Gasteiger partial charge in [0.15, 0.2) is 0 Å². The number of benzene rings is 9. The molecule has 1 atom stereocenters. The Morgan fingerprint density at radius 2 is 1.02 bits per heavy atom. The van der Waals surface area contributed by atoms with Crippen LogP contribution in [0.25, 0.3) is 52.8 Å². The van der Waals surface area contributed by atoms with Gasteiger partial charge in [0.25, 0.3) is 0 Å². The molecule has 0 N–H and O–H groups in total. The summed E-state index contributed by atoms with van der Waals surface area (Å²) in [5.74, 6) is 0. The minimum absolute atomic E-state index is 0.457. The molecule has 0 amide bonds. The van der Waals surface area contributed by atoms with Crippen LogP contribution in [0.5, 0.6) is 0 Å². The van der Waals surface area contributed by atoms with Crippen molar-refractivity contribution in [2.24, 2.45) is 0 Å². The molecule has 10 aromatic rings. The Kier molecular flexibility index (Phi) is 6.65. The first kappa shape index (κ1) is 32.0. The molecule has 3 heteroatoms. The fourth-order valence-corrected chi connectivity index (χ4v) is 14.8. The number of thiophene rings is 1. The van der Waals surface area contributed by atoms with Crippen molar-refractivity contribution in [1.82, 2.24) is 0 Å². The van der Waals surface area contributed by atoms with Crippen LogP contribution >= 0.6 is 11.3 Å². The molecule has 2 heterocycles. The van der Waals surface area contributed by atoms with E-state index in [9.17, 15) is 0 Å². The van der Waals surface area contributed by atoms with Crippen molar-refractivity contribution < 1.29 is 0 Å². The van der Waals surface area contributed by atoms with Gasteiger partial charge in [-0.15, -0.1) is 11.3 Å². The second-order valence-electron chi connectivity index (χ2n) is 16.1. The van der Waals surface area contributed by atoms with Gasteiger partial charge in [-0.2, -0.15) is 0 Å². The summed E-state index contributed by atoms with van der Waals surface area (Å²) in [7, 11) is -2.25. The number of anilines is 3. The van der Waals surface area contributed by atoms with Gasteiger partial charge in [-0.05, 0) is 108 Å². The molecule has 1 aliphatic carbocycles. The molecule has 264 valence electrons. The maximum Gasteiger partial charge on any atom is 0.113 e. The lowest BCUT2D eigenvalue weighted by atomic mass is 9.59. The Morgan fingerprint density at radius 3 is 1.93 bits per heavy atom. The van der Waals surface area contributed by atoms with Gasteiger partial charge in [-0.1, -0.05) is 159 Å². The Morgan fingerprint density at radius 1 is 0.411 bits per heavy atom. The zero-order chi connectivity index (χ0) is 37.2. The summed E-state index contributed by atoms with van der Waals surface area (Å²) in [6, 6.07) is 71.4. The standard InChI is InChI=1S/C53H37NSSi/c1-56(2)50-24-10-8-21-45(50)53(44-20-7-5-17-40(44)43-19-11-15-35-16-12-22-47(53)52(35)43)46-30-28-39(33-51(46)56)54(37-26-25-34-13-3-4-14-36(34)31-37)38-27-29-42-41-18-6-9-23-48(41)55-49(42)32-38/h3-33H,1-2H3. The molecular formula is C53H37NSSi. The van der Waals surface area contributed by atoms with Gasteiger partial charge >= 0.3 is 0 Å². The molecule has 0 saturated carbocycles. The number of rotatable bonds is 3. The van der Waals surface area contributed by atoms with Crippen molar-refractivity contribution in [1.29, 1.82) is 0 Å². The number of nitrogens with zero attached hydrogens (tertiary/aromatic N) is 1. The van der Waals surface area contributed by atoms with Gasteiger partial charge in [0.2, 0.25) is 0 Å². The van der Waals surface area contributed by atoms with Crippen LogP contribution in [-0.4, -0.2) is 8.07 Å². The lowest BCUT2D eigenvalue weighted by molar-refractivity contribution is 0.754. The van der Waals surface area contributed by atoms with Gasteiger partial charge in [-0.3, -0.25) is 0 Å². The summed E-state index contributed by atoms with van der Waals surface area (Å²) in [5.41, 5.74) is 11.3. The van der Waals surface area contributed by atoms with Crippen LogP contribution in [0, 0.1) is 0 Å². The Labute approximate surface area is 331 Å². The zero-order valence-electron chi connectivity index (χ0n) is 31.3. The summed E-state index contributed by atoms with van der Waals surface area (Å²) in [6.45, 7) is 5.13. The molecule has 1 aliphatic heterocycles. The molecule has 1 nitrogen and oxygen atoms in total. The lowest BCUT2D eigenvalue weighted by Gasteiger charge is -2.50. The topological polar surface area (TPSA) is 3.24 Å². The lowest BCUT2D eigenvalue weighted by Crippen LogP contribution is -2.63. The molecule has 1 unspecified atom stereocenters. The smallest absolute Gasteiger partial charge is 0.113 e. The van der Waals surface area contributed by atoms with E-state index in [-0.39, 0.29) is 0 Å². The molecule has 0 fully saturated rings. The van der Waals surface area contributed by atoms with Crippen molar-refractivity contribution in [3.05, 3.63) is 210 Å². The summed E-state index contributed by atoms with van der Waals surface area (Å²) >= 11 is 1.88. The quantitative estimate of drug-likeness (QED) is 0.163. The molecule has 56 heavy (non-hydrogen) atoms. The second-order valence-corrected chi connectivity index (χ2v) is 21.5. The van der Waals surface area contributed by atoms with Crippen LogP contribution in [-0.2, 0) is 5.41 Å². The SMILES string of the molecule is C[Si]1(C)c2ccccc2C2(c3ccccc3-c3cccc4cccc2c34)c2ccc(N(c3ccc4ccccc4c3)c3ccc4c(c3)sc3ccccc34)cc21. The van der Waals surface area contributed by atoms with Crippen LogP contribution in [0.1, 0.15) is 22.3 Å². The van der Waals surface area contributed by atoms with Gasteiger partial charge < -0.3 is 4.90 Å². The van der Waals surface area contributed by atoms with Crippen molar-refractivity contribution in [3.63, 3.8) is 0 Å².